The van der Waals surface area contributed by atoms with Crippen molar-refractivity contribution in [1.82, 2.24) is 0 Å². The molecule has 0 radical (unpaired) electrons. The van der Waals surface area contributed by atoms with Crippen molar-refractivity contribution in [3.8, 4) is 16.9 Å². The summed E-state index contributed by atoms with van der Waals surface area (Å²) in [7, 11) is -2.00. The number of ether oxygens (including phenoxy) is 2. The smallest absolute Gasteiger partial charge is 0.171 e. The molecule has 5 rings (SSSR count). The van der Waals surface area contributed by atoms with E-state index >= 15 is 0 Å². The van der Waals surface area contributed by atoms with Crippen molar-refractivity contribution in [2.45, 2.75) is 0 Å². The summed E-state index contributed by atoms with van der Waals surface area (Å²) in [6.45, 7) is 1.000. The van der Waals surface area contributed by atoms with Crippen LogP contribution in [0, 0.1) is 0 Å². The Hall–Kier alpha value is -3.42. The van der Waals surface area contributed by atoms with Crippen molar-refractivity contribution in [3.63, 3.8) is 0 Å². The third-order valence-electron chi connectivity index (χ3n) is 6.33. The Labute approximate surface area is 226 Å². The van der Waals surface area contributed by atoms with Gasteiger partial charge < -0.3 is 21.9 Å². The maximum atomic E-state index is 6.45. The second-order valence-corrected chi connectivity index (χ2v) is 12.0. The zero-order valence-corrected chi connectivity index (χ0v) is 22.3. The van der Waals surface area contributed by atoms with Crippen LogP contribution in [0.15, 0.2) is 146 Å². The van der Waals surface area contributed by atoms with E-state index in [0.717, 1.165) is 16.9 Å². The quantitative estimate of drug-likeness (QED) is 0.205. The van der Waals surface area contributed by atoms with Crippen molar-refractivity contribution in [2.24, 2.45) is 0 Å². The lowest BCUT2D eigenvalue weighted by molar-refractivity contribution is -0.00000751. The molecule has 0 aromatic heterocycles. The Kier molecular flexibility index (Phi) is 9.52. The Balaban J connectivity index is 0.00000320. The molecule has 2 nitrogen and oxygen atoms in total. The molecule has 0 aliphatic carbocycles. The second kappa shape index (κ2) is 13.2. The molecule has 0 unspecified atom stereocenters. The van der Waals surface area contributed by atoms with Crippen LogP contribution in [0.1, 0.15) is 0 Å². The highest BCUT2D eigenvalue weighted by Crippen LogP contribution is 2.55. The van der Waals surface area contributed by atoms with Crippen LogP contribution in [-0.4, -0.2) is 19.6 Å². The zero-order valence-electron chi connectivity index (χ0n) is 20.6. The van der Waals surface area contributed by atoms with E-state index in [0.29, 0.717) is 19.6 Å². The monoisotopic (exact) mass is 524 g/mol. The Morgan fingerprint density at radius 3 is 1.41 bits per heavy atom. The summed E-state index contributed by atoms with van der Waals surface area (Å²) in [5.74, 6) is 0.877. The van der Waals surface area contributed by atoms with Crippen molar-refractivity contribution >= 4 is 23.2 Å². The van der Waals surface area contributed by atoms with Gasteiger partial charge in [0, 0.05) is 5.56 Å². The van der Waals surface area contributed by atoms with Crippen molar-refractivity contribution in [3.05, 3.63) is 146 Å². The van der Waals surface area contributed by atoms with E-state index in [1.165, 1.54) is 15.9 Å². The first-order valence-electron chi connectivity index (χ1n) is 12.3. The molecule has 0 saturated carbocycles. The molecule has 37 heavy (non-hydrogen) atoms. The van der Waals surface area contributed by atoms with Gasteiger partial charge in [-0.25, -0.2) is 0 Å². The van der Waals surface area contributed by atoms with Crippen LogP contribution >= 0.6 is 7.26 Å². The zero-order chi connectivity index (χ0) is 24.5. The van der Waals surface area contributed by atoms with Crippen LogP contribution in [0.3, 0.4) is 0 Å². The number of benzene rings is 5. The fraction of sp³-hybridized carbons (Fsp3) is 0.0909. The summed E-state index contributed by atoms with van der Waals surface area (Å²) < 4.78 is 12.7. The fourth-order valence-corrected chi connectivity index (χ4v) is 8.37. The van der Waals surface area contributed by atoms with Crippen molar-refractivity contribution < 1.29 is 21.9 Å². The normalized spacial score (nSPS) is 10.9. The molecule has 4 heteroatoms. The molecule has 0 amide bonds. The van der Waals surface area contributed by atoms with Crippen molar-refractivity contribution in [2.75, 3.05) is 19.6 Å². The molecule has 186 valence electrons. The van der Waals surface area contributed by atoms with Gasteiger partial charge in [-0.1, -0.05) is 103 Å². The van der Waals surface area contributed by atoms with Gasteiger partial charge in [-0.05, 0) is 48.0 Å². The molecule has 0 aliphatic heterocycles. The summed E-state index contributed by atoms with van der Waals surface area (Å²) in [5, 5.41) is 3.95. The van der Waals surface area contributed by atoms with Crippen LogP contribution in [0.4, 0.5) is 0 Å². The third kappa shape index (κ3) is 6.12. The highest BCUT2D eigenvalue weighted by molar-refractivity contribution is 7.95. The molecule has 0 N–H and O–H groups in total. The Bertz CT molecular complexity index is 1250. The number of hydrogen-bond acceptors (Lipinski definition) is 2. The predicted octanol–water partition coefficient (Wildman–Crippen LogP) is 3.70. The van der Waals surface area contributed by atoms with E-state index in [4.69, 9.17) is 9.47 Å². The molecule has 0 aliphatic rings. The highest BCUT2D eigenvalue weighted by atomic mass is 35.5. The Morgan fingerprint density at radius 2 is 0.892 bits per heavy atom. The second-order valence-electron chi connectivity index (χ2n) is 8.56. The van der Waals surface area contributed by atoms with Gasteiger partial charge in [-0.3, -0.25) is 0 Å². The average molecular weight is 525 g/mol. The minimum absolute atomic E-state index is 0. The van der Waals surface area contributed by atoms with E-state index in [1.54, 1.807) is 0 Å². The summed E-state index contributed by atoms with van der Waals surface area (Å²) in [5.41, 5.74) is 2.24. The van der Waals surface area contributed by atoms with E-state index in [2.05, 4.69) is 121 Å². The number of para-hydroxylation sites is 1. The van der Waals surface area contributed by atoms with Gasteiger partial charge in [-0.15, -0.1) is 0 Å². The van der Waals surface area contributed by atoms with Gasteiger partial charge >= 0.3 is 0 Å². The molecule has 0 atom stereocenters. The lowest BCUT2D eigenvalue weighted by atomic mass is 10.1. The molecule has 5 aromatic rings. The molecular weight excluding hydrogens is 495 g/mol. The third-order valence-corrected chi connectivity index (χ3v) is 10.4. The number of halogens is 1. The molecule has 0 bridgehead atoms. The average Bonchev–Trinajstić information content (AvgIpc) is 2.97. The Morgan fingerprint density at radius 1 is 0.459 bits per heavy atom. The first kappa shape index (κ1) is 26.6. The van der Waals surface area contributed by atoms with E-state index < -0.39 is 7.26 Å². The SMILES string of the molecule is [Cl-].c1ccc(-c2ccccc2OCCOC[P+](c2ccccc2)(c2ccccc2)c2ccccc2)cc1. The predicted molar refractivity (Wildman–Crippen MR) is 153 cm³/mol. The molecule has 0 heterocycles. The highest BCUT2D eigenvalue weighted by Gasteiger charge is 2.45. The minimum Gasteiger partial charge on any atom is -1.00 e. The molecule has 0 fully saturated rings. The van der Waals surface area contributed by atoms with Crippen LogP contribution < -0.4 is 33.1 Å². The van der Waals surface area contributed by atoms with E-state index in [1.807, 2.05) is 24.3 Å². The maximum absolute atomic E-state index is 6.45. The fourth-order valence-electron chi connectivity index (χ4n) is 4.58. The topological polar surface area (TPSA) is 18.5 Å². The van der Waals surface area contributed by atoms with Gasteiger partial charge in [0.05, 0.1) is 6.61 Å². The van der Waals surface area contributed by atoms with Crippen LogP contribution in [0.25, 0.3) is 11.1 Å². The standard InChI is InChI=1S/C33H30O2P.ClH/c1-5-15-28(16-6-1)32-23-13-14-24-33(32)35-26-25-34-27-36(29-17-7-2-8-18-29,30-19-9-3-10-20-30)31-21-11-4-12-22-31;/h1-24H,25-27H2;1H/q+1;/p-1. The number of rotatable bonds is 10. The maximum Gasteiger partial charge on any atom is 0.171 e. The van der Waals surface area contributed by atoms with Gasteiger partial charge in [0.25, 0.3) is 0 Å². The van der Waals surface area contributed by atoms with Gasteiger partial charge in [0.2, 0.25) is 0 Å². The molecule has 5 aromatic carbocycles. The van der Waals surface area contributed by atoms with Gasteiger partial charge in [0.15, 0.2) is 6.35 Å². The lowest BCUT2D eigenvalue weighted by Gasteiger charge is -2.27. The van der Waals surface area contributed by atoms with Crippen LogP contribution in [0.5, 0.6) is 5.75 Å². The lowest BCUT2D eigenvalue weighted by Crippen LogP contribution is -3.00. The summed E-state index contributed by atoms with van der Waals surface area (Å²) >= 11 is 0. The van der Waals surface area contributed by atoms with Crippen LogP contribution in [0.2, 0.25) is 0 Å². The molecule has 0 saturated heterocycles. The first-order chi connectivity index (χ1) is 17.9. The van der Waals surface area contributed by atoms with E-state index in [9.17, 15) is 0 Å². The molecular formula is C33H30ClO2P. The largest absolute Gasteiger partial charge is 1.00 e. The van der Waals surface area contributed by atoms with Crippen LogP contribution in [-0.2, 0) is 4.74 Å². The van der Waals surface area contributed by atoms with Gasteiger partial charge in [-0.2, -0.15) is 0 Å². The number of hydrogen-bond donors (Lipinski definition) is 0. The minimum atomic E-state index is -2.00. The summed E-state index contributed by atoms with van der Waals surface area (Å²) in [4.78, 5) is 0. The summed E-state index contributed by atoms with van der Waals surface area (Å²) in [6.07, 6.45) is 0.620. The first-order valence-corrected chi connectivity index (χ1v) is 14.3. The van der Waals surface area contributed by atoms with Gasteiger partial charge in [0.1, 0.15) is 35.5 Å². The summed E-state index contributed by atoms with van der Waals surface area (Å²) in [6, 6.07) is 50.9. The van der Waals surface area contributed by atoms with E-state index in [-0.39, 0.29) is 12.4 Å². The molecule has 0 spiro atoms. The van der Waals surface area contributed by atoms with Crippen molar-refractivity contribution in [1.29, 1.82) is 0 Å².